The fraction of sp³-hybridized carbons (Fsp3) is 0.143. The first-order chi connectivity index (χ1) is 15.6. The minimum Gasteiger partial charge on any atom is -0.462 e. The molecule has 1 amide bonds. The normalized spacial score (nSPS) is 10.8. The number of aromatic nitrogens is 3. The van der Waals surface area contributed by atoms with Gasteiger partial charge in [-0.15, -0.1) is 32.9 Å². The van der Waals surface area contributed by atoms with Crippen LogP contribution < -0.4 is 11.2 Å². The van der Waals surface area contributed by atoms with Gasteiger partial charge in [0.25, 0.3) is 0 Å². The van der Waals surface area contributed by atoms with Gasteiger partial charge in [-0.2, -0.15) is 0 Å². The van der Waals surface area contributed by atoms with E-state index in [9.17, 15) is 9.59 Å². The molecule has 4 rings (SSSR count). The third-order valence-electron chi connectivity index (χ3n) is 4.28. The molecule has 0 aliphatic heterocycles. The fourth-order valence-corrected chi connectivity index (χ4v) is 5.26. The number of hydrogen-bond acceptors (Lipinski definition) is 9. The molecular weight excluding hydrogens is 466 g/mol. The van der Waals surface area contributed by atoms with Crippen LogP contribution in [0.1, 0.15) is 17.3 Å². The van der Waals surface area contributed by atoms with E-state index in [1.54, 1.807) is 13.0 Å². The molecule has 0 spiro atoms. The number of rotatable bonds is 8. The third-order valence-corrected chi connectivity index (χ3v) is 7.19. The molecule has 3 N–H and O–H groups in total. The zero-order valence-electron chi connectivity index (χ0n) is 17.0. The van der Waals surface area contributed by atoms with Gasteiger partial charge in [-0.3, -0.25) is 4.79 Å². The van der Waals surface area contributed by atoms with E-state index in [-0.39, 0.29) is 18.3 Å². The van der Waals surface area contributed by atoms with Crippen LogP contribution in [0, 0.1) is 0 Å². The quantitative estimate of drug-likeness (QED) is 0.217. The molecule has 164 valence electrons. The third kappa shape index (κ3) is 4.85. The topological polar surface area (TPSA) is 112 Å². The summed E-state index contributed by atoms with van der Waals surface area (Å²) in [6, 6.07) is 15.2. The van der Waals surface area contributed by atoms with Crippen molar-refractivity contribution in [3.8, 4) is 21.1 Å². The molecule has 0 unspecified atom stereocenters. The second-order valence-electron chi connectivity index (χ2n) is 6.43. The van der Waals surface area contributed by atoms with E-state index in [1.807, 2.05) is 47.8 Å². The molecule has 0 saturated heterocycles. The summed E-state index contributed by atoms with van der Waals surface area (Å²) >= 11 is 3.99. The predicted molar refractivity (Wildman–Crippen MR) is 129 cm³/mol. The van der Waals surface area contributed by atoms with Crippen LogP contribution >= 0.6 is 34.4 Å². The van der Waals surface area contributed by atoms with Crippen LogP contribution in [-0.2, 0) is 9.53 Å². The molecule has 0 atom stereocenters. The molecule has 0 fully saturated rings. The minimum absolute atomic E-state index is 0.0562. The summed E-state index contributed by atoms with van der Waals surface area (Å²) in [4.78, 5) is 26.8. The number of hydrogen-bond donors (Lipinski definition) is 2. The van der Waals surface area contributed by atoms with Gasteiger partial charge in [0.2, 0.25) is 11.1 Å². The van der Waals surface area contributed by atoms with Crippen molar-refractivity contribution in [1.29, 1.82) is 0 Å². The summed E-state index contributed by atoms with van der Waals surface area (Å²) < 4.78 is 6.52. The van der Waals surface area contributed by atoms with E-state index in [1.165, 1.54) is 39.1 Å². The fourth-order valence-electron chi connectivity index (χ4n) is 2.83. The summed E-state index contributed by atoms with van der Waals surface area (Å²) in [6.07, 6.45) is 0. The van der Waals surface area contributed by atoms with Crippen molar-refractivity contribution in [2.24, 2.45) is 0 Å². The number of anilines is 1. The Morgan fingerprint density at radius 3 is 2.69 bits per heavy atom. The summed E-state index contributed by atoms with van der Waals surface area (Å²) in [5.41, 5.74) is 1.28. The average molecular weight is 486 g/mol. The van der Waals surface area contributed by atoms with Crippen LogP contribution in [0.25, 0.3) is 21.1 Å². The zero-order valence-corrected chi connectivity index (χ0v) is 19.4. The lowest BCUT2D eigenvalue weighted by Gasteiger charge is -2.06. The maximum atomic E-state index is 12.6. The summed E-state index contributed by atoms with van der Waals surface area (Å²) in [5.74, 6) is 5.92. The molecular formula is C21H19N5O3S3. The number of esters is 1. The van der Waals surface area contributed by atoms with E-state index in [0.29, 0.717) is 21.5 Å². The Morgan fingerprint density at radius 1 is 1.16 bits per heavy atom. The largest absolute Gasteiger partial charge is 0.462 e. The molecule has 8 nitrogen and oxygen atoms in total. The predicted octanol–water partition coefficient (Wildman–Crippen LogP) is 4.36. The Kier molecular flexibility index (Phi) is 6.88. The number of nitrogen functional groups attached to an aromatic ring is 1. The number of thioether (sulfide) groups is 1. The lowest BCUT2D eigenvalue weighted by molar-refractivity contribution is -0.113. The summed E-state index contributed by atoms with van der Waals surface area (Å²) in [6.45, 7) is 1.99. The Morgan fingerprint density at radius 2 is 1.97 bits per heavy atom. The van der Waals surface area contributed by atoms with Crippen molar-refractivity contribution < 1.29 is 14.3 Å². The van der Waals surface area contributed by atoms with Crippen molar-refractivity contribution in [3.63, 3.8) is 0 Å². The first-order valence-corrected chi connectivity index (χ1v) is 12.3. The van der Waals surface area contributed by atoms with Crippen LogP contribution in [-0.4, -0.2) is 39.1 Å². The SMILES string of the molecule is CCOC(=O)c1cc(-c2ccccc2)sc1NC(=O)CSc1nnc(-c2cccs2)n1N. The van der Waals surface area contributed by atoms with Crippen molar-refractivity contribution in [2.45, 2.75) is 12.1 Å². The number of benzene rings is 1. The maximum absolute atomic E-state index is 12.6. The number of nitrogens with two attached hydrogens (primary N) is 1. The average Bonchev–Trinajstić information content (AvgIpc) is 3.53. The summed E-state index contributed by atoms with van der Waals surface area (Å²) in [7, 11) is 0. The molecule has 4 aromatic rings. The van der Waals surface area contributed by atoms with E-state index in [2.05, 4.69) is 15.5 Å². The van der Waals surface area contributed by atoms with Gasteiger partial charge >= 0.3 is 5.97 Å². The van der Waals surface area contributed by atoms with Crippen LogP contribution in [0.15, 0.2) is 59.1 Å². The Bertz CT molecular complexity index is 1220. The van der Waals surface area contributed by atoms with Crippen molar-refractivity contribution in [3.05, 3.63) is 59.5 Å². The molecule has 0 aliphatic rings. The van der Waals surface area contributed by atoms with Crippen molar-refractivity contribution >= 4 is 51.3 Å². The monoisotopic (exact) mass is 485 g/mol. The number of nitrogens with zero attached hydrogens (tertiary/aromatic N) is 3. The molecule has 3 aromatic heterocycles. The first-order valence-electron chi connectivity index (χ1n) is 9.60. The van der Waals surface area contributed by atoms with Gasteiger partial charge in [0.05, 0.1) is 22.8 Å². The number of carbonyl (C=O) groups is 2. The zero-order chi connectivity index (χ0) is 22.5. The van der Waals surface area contributed by atoms with Gasteiger partial charge in [0.1, 0.15) is 5.00 Å². The Labute approximate surface area is 196 Å². The molecule has 0 aliphatic carbocycles. The van der Waals surface area contributed by atoms with Crippen LogP contribution in [0.5, 0.6) is 0 Å². The Balaban J connectivity index is 1.48. The van der Waals surface area contributed by atoms with Gasteiger partial charge in [-0.05, 0) is 30.0 Å². The first kappa shape index (κ1) is 22.1. The molecule has 3 heterocycles. The highest BCUT2D eigenvalue weighted by Crippen LogP contribution is 2.36. The second kappa shape index (κ2) is 9.98. The number of nitrogens with one attached hydrogen (secondary N) is 1. The minimum atomic E-state index is -0.476. The lowest BCUT2D eigenvalue weighted by atomic mass is 10.1. The highest BCUT2D eigenvalue weighted by Gasteiger charge is 2.21. The van der Waals surface area contributed by atoms with Gasteiger partial charge < -0.3 is 15.9 Å². The maximum Gasteiger partial charge on any atom is 0.341 e. The van der Waals surface area contributed by atoms with Gasteiger partial charge in [0.15, 0.2) is 5.82 Å². The van der Waals surface area contributed by atoms with E-state index < -0.39 is 5.97 Å². The van der Waals surface area contributed by atoms with E-state index in [0.717, 1.165) is 15.3 Å². The lowest BCUT2D eigenvalue weighted by Crippen LogP contribution is -2.17. The van der Waals surface area contributed by atoms with Crippen LogP contribution in [0.2, 0.25) is 0 Å². The molecule has 0 saturated carbocycles. The van der Waals surface area contributed by atoms with E-state index in [4.69, 9.17) is 10.6 Å². The van der Waals surface area contributed by atoms with Gasteiger partial charge in [-0.25, -0.2) is 9.47 Å². The smallest absolute Gasteiger partial charge is 0.341 e. The number of carbonyl (C=O) groups excluding carboxylic acids is 2. The highest BCUT2D eigenvalue weighted by molar-refractivity contribution is 7.99. The Hall–Kier alpha value is -3.15. The molecule has 0 bridgehead atoms. The molecule has 0 radical (unpaired) electrons. The second-order valence-corrected chi connectivity index (χ2v) is 9.37. The number of ether oxygens (including phenoxy) is 1. The standard InChI is InChI=1S/C21H19N5O3S3/c1-2-29-20(28)14-11-16(13-7-4-3-5-8-13)32-19(14)23-17(27)12-31-21-25-24-18(26(21)22)15-9-6-10-30-15/h3-11H,2,12,22H2,1H3,(H,23,27). The number of thiophene rings is 2. The van der Waals surface area contributed by atoms with E-state index >= 15 is 0 Å². The molecule has 11 heteroatoms. The molecule has 32 heavy (non-hydrogen) atoms. The number of amides is 1. The molecule has 1 aromatic carbocycles. The summed E-state index contributed by atoms with van der Waals surface area (Å²) in [5, 5.41) is 13.8. The van der Waals surface area contributed by atoms with Crippen molar-refractivity contribution in [1.82, 2.24) is 14.9 Å². The van der Waals surface area contributed by atoms with Gasteiger partial charge in [0, 0.05) is 4.88 Å². The van der Waals surface area contributed by atoms with Crippen molar-refractivity contribution in [2.75, 3.05) is 23.5 Å². The van der Waals surface area contributed by atoms with Crippen LogP contribution in [0.3, 0.4) is 0 Å². The van der Waals surface area contributed by atoms with Gasteiger partial charge in [-0.1, -0.05) is 48.2 Å². The van der Waals surface area contributed by atoms with Crippen LogP contribution in [0.4, 0.5) is 5.00 Å². The highest BCUT2D eigenvalue weighted by atomic mass is 32.2.